The predicted octanol–water partition coefficient (Wildman–Crippen LogP) is 1.82. The van der Waals surface area contributed by atoms with Gasteiger partial charge in [0.2, 0.25) is 0 Å². The maximum Gasteiger partial charge on any atom is 0.310 e. The molecule has 1 fully saturated rings. The second kappa shape index (κ2) is 7.41. The van der Waals surface area contributed by atoms with Gasteiger partial charge in [-0.1, -0.05) is 37.3 Å². The largest absolute Gasteiger partial charge is 0.461 e. The summed E-state index contributed by atoms with van der Waals surface area (Å²) in [6.45, 7) is 4.01. The number of carbonyl (C=O) groups excluding carboxylic acids is 1. The lowest BCUT2D eigenvalue weighted by Gasteiger charge is -2.25. The normalized spacial score (nSPS) is 20.8. The number of benzene rings is 1. The number of aliphatic hydroxyl groups is 1. The van der Waals surface area contributed by atoms with Crippen LogP contribution in [-0.4, -0.2) is 41.7 Å². The van der Waals surface area contributed by atoms with E-state index in [-0.39, 0.29) is 24.5 Å². The summed E-state index contributed by atoms with van der Waals surface area (Å²) in [7, 11) is 0. The van der Waals surface area contributed by atoms with Gasteiger partial charge < -0.3 is 9.84 Å². The summed E-state index contributed by atoms with van der Waals surface area (Å²) < 4.78 is 5.34. The third-order valence-corrected chi connectivity index (χ3v) is 3.84. The fourth-order valence-corrected chi connectivity index (χ4v) is 2.64. The molecule has 4 heteroatoms. The second-order valence-corrected chi connectivity index (χ2v) is 5.47. The molecule has 1 aliphatic rings. The zero-order valence-electron chi connectivity index (χ0n) is 12.0. The first-order valence-electron chi connectivity index (χ1n) is 7.26. The lowest BCUT2D eigenvalue weighted by molar-refractivity contribution is -0.150. The summed E-state index contributed by atoms with van der Waals surface area (Å²) in [6.07, 6.45) is 2.11. The zero-order chi connectivity index (χ0) is 14.4. The highest BCUT2D eigenvalue weighted by atomic mass is 16.5. The molecule has 0 aromatic heterocycles. The molecule has 0 amide bonds. The van der Waals surface area contributed by atoms with Gasteiger partial charge in [0, 0.05) is 12.6 Å². The molecule has 0 bridgehead atoms. The van der Waals surface area contributed by atoms with Crippen LogP contribution in [0.4, 0.5) is 0 Å². The van der Waals surface area contributed by atoms with E-state index in [1.165, 1.54) is 0 Å². The van der Waals surface area contributed by atoms with Crippen molar-refractivity contribution in [3.8, 4) is 0 Å². The van der Waals surface area contributed by atoms with E-state index in [0.717, 1.165) is 24.9 Å². The van der Waals surface area contributed by atoms with Crippen LogP contribution in [0.3, 0.4) is 0 Å². The van der Waals surface area contributed by atoms with Gasteiger partial charge in [0.15, 0.2) is 0 Å². The Morgan fingerprint density at radius 2 is 2.20 bits per heavy atom. The van der Waals surface area contributed by atoms with E-state index >= 15 is 0 Å². The Kier molecular flexibility index (Phi) is 5.56. The minimum absolute atomic E-state index is 0.161. The summed E-state index contributed by atoms with van der Waals surface area (Å²) in [4.78, 5) is 14.2. The molecule has 0 aliphatic carbocycles. The van der Waals surface area contributed by atoms with Crippen molar-refractivity contribution in [3.63, 3.8) is 0 Å². The van der Waals surface area contributed by atoms with Crippen LogP contribution in [0.15, 0.2) is 30.3 Å². The number of nitrogens with zero attached hydrogens (tertiary/aromatic N) is 1. The van der Waals surface area contributed by atoms with Crippen molar-refractivity contribution in [1.82, 2.24) is 4.90 Å². The Bertz CT molecular complexity index is 421. The molecule has 4 nitrogen and oxygen atoms in total. The maximum atomic E-state index is 12.0. The molecule has 1 aromatic carbocycles. The van der Waals surface area contributed by atoms with E-state index in [2.05, 4.69) is 4.90 Å². The van der Waals surface area contributed by atoms with E-state index in [0.29, 0.717) is 13.2 Å². The first kappa shape index (κ1) is 15.0. The molecule has 1 N–H and O–H groups in total. The van der Waals surface area contributed by atoms with Crippen LogP contribution in [0, 0.1) is 5.92 Å². The van der Waals surface area contributed by atoms with Crippen molar-refractivity contribution in [2.24, 2.45) is 5.92 Å². The molecule has 2 atom stereocenters. The van der Waals surface area contributed by atoms with Crippen LogP contribution in [0.1, 0.15) is 25.3 Å². The smallest absolute Gasteiger partial charge is 0.310 e. The molecule has 2 rings (SSSR count). The van der Waals surface area contributed by atoms with E-state index in [1.54, 1.807) is 0 Å². The van der Waals surface area contributed by atoms with Crippen LogP contribution in [-0.2, 0) is 16.1 Å². The molecule has 0 saturated carbocycles. The van der Waals surface area contributed by atoms with Crippen LogP contribution >= 0.6 is 0 Å². The van der Waals surface area contributed by atoms with Gasteiger partial charge in [-0.15, -0.1) is 0 Å². The van der Waals surface area contributed by atoms with Crippen LogP contribution in [0.2, 0.25) is 0 Å². The van der Waals surface area contributed by atoms with Crippen LogP contribution in [0.5, 0.6) is 0 Å². The number of likely N-dealkylation sites (tertiary alicyclic amines) is 1. The van der Waals surface area contributed by atoms with Crippen LogP contribution in [0.25, 0.3) is 0 Å². The van der Waals surface area contributed by atoms with Gasteiger partial charge in [0.1, 0.15) is 6.61 Å². The topological polar surface area (TPSA) is 49.8 Å². The zero-order valence-corrected chi connectivity index (χ0v) is 12.0. The number of hydrogen-bond acceptors (Lipinski definition) is 4. The monoisotopic (exact) mass is 277 g/mol. The van der Waals surface area contributed by atoms with Crippen LogP contribution < -0.4 is 0 Å². The molecule has 20 heavy (non-hydrogen) atoms. The molecule has 110 valence electrons. The van der Waals surface area contributed by atoms with Crippen molar-refractivity contribution >= 4 is 5.97 Å². The molecule has 1 unspecified atom stereocenters. The van der Waals surface area contributed by atoms with E-state index in [4.69, 9.17) is 4.74 Å². The van der Waals surface area contributed by atoms with Crippen molar-refractivity contribution in [2.75, 3.05) is 19.7 Å². The minimum atomic E-state index is -0.169. The van der Waals surface area contributed by atoms with E-state index < -0.39 is 0 Å². The third kappa shape index (κ3) is 4.05. The SMILES string of the molecule is CC(CN1CCC[C@H]1CO)C(=O)OCc1ccccc1. The highest BCUT2D eigenvalue weighted by molar-refractivity contribution is 5.72. The summed E-state index contributed by atoms with van der Waals surface area (Å²) in [6, 6.07) is 9.90. The molecule has 0 spiro atoms. The molecule has 0 radical (unpaired) electrons. The van der Waals surface area contributed by atoms with Gasteiger partial charge in [0.05, 0.1) is 12.5 Å². The summed E-state index contributed by atoms with van der Waals surface area (Å²) >= 11 is 0. The average Bonchev–Trinajstić information content (AvgIpc) is 2.93. The second-order valence-electron chi connectivity index (χ2n) is 5.47. The van der Waals surface area contributed by atoms with Crippen molar-refractivity contribution in [2.45, 2.75) is 32.4 Å². The highest BCUT2D eigenvalue weighted by Crippen LogP contribution is 2.18. The Morgan fingerprint density at radius 1 is 1.45 bits per heavy atom. The van der Waals surface area contributed by atoms with E-state index in [1.807, 2.05) is 37.3 Å². The fourth-order valence-electron chi connectivity index (χ4n) is 2.64. The van der Waals surface area contributed by atoms with Crippen molar-refractivity contribution in [1.29, 1.82) is 0 Å². The fraction of sp³-hybridized carbons (Fsp3) is 0.562. The molecule has 1 saturated heterocycles. The number of aliphatic hydroxyl groups excluding tert-OH is 1. The van der Waals surface area contributed by atoms with Gasteiger partial charge in [-0.25, -0.2) is 0 Å². The lowest BCUT2D eigenvalue weighted by Crippen LogP contribution is -2.37. The molecule has 1 aromatic rings. The van der Waals surface area contributed by atoms with Crippen molar-refractivity contribution in [3.05, 3.63) is 35.9 Å². The Balaban J connectivity index is 1.77. The summed E-state index contributed by atoms with van der Waals surface area (Å²) in [5.74, 6) is -0.330. The van der Waals surface area contributed by atoms with Gasteiger partial charge in [-0.3, -0.25) is 9.69 Å². The first-order valence-corrected chi connectivity index (χ1v) is 7.26. The summed E-state index contributed by atoms with van der Waals surface area (Å²) in [5.41, 5.74) is 1.00. The van der Waals surface area contributed by atoms with E-state index in [9.17, 15) is 9.90 Å². The third-order valence-electron chi connectivity index (χ3n) is 3.84. The number of hydrogen-bond donors (Lipinski definition) is 1. The average molecular weight is 277 g/mol. The predicted molar refractivity (Wildman–Crippen MR) is 77.1 cm³/mol. The molecular formula is C16H23NO3. The number of rotatable bonds is 6. The first-order chi connectivity index (χ1) is 9.70. The standard InChI is InChI=1S/C16H23NO3/c1-13(10-17-9-5-8-15(17)11-18)16(19)20-12-14-6-3-2-4-7-14/h2-4,6-7,13,15,18H,5,8-12H2,1H3/t13?,15-/m0/s1. The number of esters is 1. The number of carbonyl (C=O) groups is 1. The van der Waals surface area contributed by atoms with Crippen molar-refractivity contribution < 1.29 is 14.6 Å². The van der Waals surface area contributed by atoms with Gasteiger partial charge in [-0.05, 0) is 24.9 Å². The minimum Gasteiger partial charge on any atom is -0.461 e. The Labute approximate surface area is 120 Å². The molecule has 1 heterocycles. The summed E-state index contributed by atoms with van der Waals surface area (Å²) in [5, 5.41) is 9.28. The van der Waals surface area contributed by atoms with Gasteiger partial charge in [-0.2, -0.15) is 0 Å². The Hall–Kier alpha value is -1.39. The van der Waals surface area contributed by atoms with Gasteiger partial charge in [0.25, 0.3) is 0 Å². The molecule has 1 aliphatic heterocycles. The highest BCUT2D eigenvalue weighted by Gasteiger charge is 2.27. The van der Waals surface area contributed by atoms with Gasteiger partial charge >= 0.3 is 5.97 Å². The maximum absolute atomic E-state index is 12.0. The lowest BCUT2D eigenvalue weighted by atomic mass is 10.1. The molecular weight excluding hydrogens is 254 g/mol. The number of ether oxygens (including phenoxy) is 1. The quantitative estimate of drug-likeness (QED) is 0.806. The Morgan fingerprint density at radius 3 is 2.90 bits per heavy atom.